The second kappa shape index (κ2) is 5.46. The summed E-state index contributed by atoms with van der Waals surface area (Å²) in [6.07, 6.45) is 1.52. The van der Waals surface area contributed by atoms with Crippen LogP contribution >= 0.6 is 11.6 Å². The standard InChI is InChI=1S/C14H13ClFN3O/c1-8(9-3-2-4-11(16)5-9)19-7-10(15)6-12(13(19)17)14(18)20/h2-8,17H,1H3,(H2,18,20). The number of halogens is 2. The predicted molar refractivity (Wildman–Crippen MR) is 74.0 cm³/mol. The maximum atomic E-state index is 13.3. The van der Waals surface area contributed by atoms with Gasteiger partial charge in [-0.25, -0.2) is 4.39 Å². The highest BCUT2D eigenvalue weighted by Gasteiger charge is 2.14. The summed E-state index contributed by atoms with van der Waals surface area (Å²) >= 11 is 5.94. The van der Waals surface area contributed by atoms with E-state index in [0.29, 0.717) is 5.56 Å². The highest BCUT2D eigenvalue weighted by molar-refractivity contribution is 6.30. The molecule has 1 amide bonds. The van der Waals surface area contributed by atoms with Crippen LogP contribution in [0.5, 0.6) is 0 Å². The van der Waals surface area contributed by atoms with Gasteiger partial charge in [0.1, 0.15) is 11.3 Å². The van der Waals surface area contributed by atoms with Crippen LogP contribution in [-0.2, 0) is 0 Å². The normalized spacial score (nSPS) is 12.2. The van der Waals surface area contributed by atoms with Gasteiger partial charge in [-0.05, 0) is 30.7 Å². The van der Waals surface area contributed by atoms with Crippen LogP contribution in [0.1, 0.15) is 28.9 Å². The molecule has 2 rings (SSSR count). The van der Waals surface area contributed by atoms with Crippen molar-refractivity contribution >= 4 is 17.5 Å². The van der Waals surface area contributed by atoms with Crippen LogP contribution in [0.25, 0.3) is 0 Å². The fraction of sp³-hybridized carbons (Fsp3) is 0.143. The fourth-order valence-electron chi connectivity index (χ4n) is 2.00. The molecule has 104 valence electrons. The number of amides is 1. The van der Waals surface area contributed by atoms with Gasteiger partial charge in [0.2, 0.25) is 0 Å². The number of aromatic nitrogens is 1. The first kappa shape index (κ1) is 14.3. The lowest BCUT2D eigenvalue weighted by atomic mass is 10.1. The van der Waals surface area contributed by atoms with Crippen LogP contribution < -0.4 is 11.2 Å². The Kier molecular flexibility index (Phi) is 3.90. The minimum absolute atomic E-state index is 0.0285. The third kappa shape index (κ3) is 2.72. The zero-order valence-corrected chi connectivity index (χ0v) is 11.5. The number of hydrogen-bond donors (Lipinski definition) is 2. The molecule has 0 saturated carbocycles. The highest BCUT2D eigenvalue weighted by Crippen LogP contribution is 2.19. The van der Waals surface area contributed by atoms with E-state index in [1.165, 1.54) is 29.0 Å². The van der Waals surface area contributed by atoms with E-state index in [-0.39, 0.29) is 27.9 Å². The van der Waals surface area contributed by atoms with Crippen molar-refractivity contribution in [1.82, 2.24) is 4.57 Å². The minimum Gasteiger partial charge on any atom is -0.365 e. The Bertz CT molecular complexity index is 727. The van der Waals surface area contributed by atoms with Gasteiger partial charge in [0.15, 0.2) is 0 Å². The number of pyridine rings is 1. The zero-order chi connectivity index (χ0) is 14.9. The van der Waals surface area contributed by atoms with Gasteiger partial charge in [-0.1, -0.05) is 23.7 Å². The Hall–Kier alpha value is -2.14. The molecule has 0 aliphatic heterocycles. The van der Waals surface area contributed by atoms with Crippen molar-refractivity contribution in [2.75, 3.05) is 0 Å². The van der Waals surface area contributed by atoms with Gasteiger partial charge in [-0.3, -0.25) is 10.2 Å². The number of nitrogens with zero attached hydrogens (tertiary/aromatic N) is 1. The lowest BCUT2D eigenvalue weighted by Gasteiger charge is -2.18. The van der Waals surface area contributed by atoms with E-state index in [9.17, 15) is 9.18 Å². The molecule has 0 fully saturated rings. The number of carbonyl (C=O) groups is 1. The van der Waals surface area contributed by atoms with Crippen molar-refractivity contribution in [2.24, 2.45) is 5.73 Å². The number of nitrogens with two attached hydrogens (primary N) is 1. The molecule has 0 spiro atoms. The quantitative estimate of drug-likeness (QED) is 0.896. The summed E-state index contributed by atoms with van der Waals surface area (Å²) in [5.41, 5.74) is 5.86. The summed E-state index contributed by atoms with van der Waals surface area (Å²) in [4.78, 5) is 11.3. The number of nitrogens with one attached hydrogen (secondary N) is 1. The Morgan fingerprint density at radius 1 is 1.45 bits per heavy atom. The predicted octanol–water partition coefficient (Wildman–Crippen LogP) is 2.47. The summed E-state index contributed by atoms with van der Waals surface area (Å²) in [7, 11) is 0. The van der Waals surface area contributed by atoms with Crippen molar-refractivity contribution < 1.29 is 9.18 Å². The van der Waals surface area contributed by atoms with Crippen molar-refractivity contribution in [1.29, 1.82) is 5.41 Å². The van der Waals surface area contributed by atoms with Crippen LogP contribution in [0, 0.1) is 11.2 Å². The average molecular weight is 294 g/mol. The molecule has 0 saturated heterocycles. The maximum Gasteiger partial charge on any atom is 0.252 e. The highest BCUT2D eigenvalue weighted by atomic mass is 35.5. The molecular weight excluding hydrogens is 281 g/mol. The van der Waals surface area contributed by atoms with Crippen molar-refractivity contribution in [3.63, 3.8) is 0 Å². The molecule has 1 aromatic carbocycles. The Morgan fingerprint density at radius 2 is 2.15 bits per heavy atom. The molecule has 1 unspecified atom stereocenters. The zero-order valence-electron chi connectivity index (χ0n) is 10.7. The summed E-state index contributed by atoms with van der Waals surface area (Å²) in [6.45, 7) is 1.79. The Balaban J connectivity index is 2.58. The molecule has 0 bridgehead atoms. The fourth-order valence-corrected chi connectivity index (χ4v) is 2.21. The minimum atomic E-state index is -0.724. The molecule has 0 aliphatic carbocycles. The molecule has 1 atom stereocenters. The van der Waals surface area contributed by atoms with E-state index in [2.05, 4.69) is 0 Å². The Morgan fingerprint density at radius 3 is 2.75 bits per heavy atom. The molecule has 4 nitrogen and oxygen atoms in total. The summed E-state index contributed by atoms with van der Waals surface area (Å²) in [5.74, 6) is -1.09. The van der Waals surface area contributed by atoms with Gasteiger partial charge in [0.05, 0.1) is 16.6 Å². The van der Waals surface area contributed by atoms with Crippen LogP contribution in [0.3, 0.4) is 0 Å². The average Bonchev–Trinajstić information content (AvgIpc) is 2.40. The largest absolute Gasteiger partial charge is 0.365 e. The first-order chi connectivity index (χ1) is 9.40. The SMILES string of the molecule is CC(c1cccc(F)c1)n1cc(Cl)cc(C(N)=O)c1=N. The lowest BCUT2D eigenvalue weighted by Crippen LogP contribution is -2.31. The van der Waals surface area contributed by atoms with Crippen molar-refractivity contribution in [3.05, 3.63) is 64.0 Å². The molecule has 1 heterocycles. The molecule has 0 aliphatic rings. The lowest BCUT2D eigenvalue weighted by molar-refractivity contribution is 0.0997. The molecule has 0 radical (unpaired) electrons. The van der Waals surface area contributed by atoms with Crippen LogP contribution in [-0.4, -0.2) is 10.5 Å². The third-order valence-electron chi connectivity index (χ3n) is 3.07. The second-order valence-electron chi connectivity index (χ2n) is 4.42. The third-order valence-corrected chi connectivity index (χ3v) is 3.28. The smallest absolute Gasteiger partial charge is 0.252 e. The molecular formula is C14H13ClFN3O. The van der Waals surface area contributed by atoms with Crippen LogP contribution in [0.2, 0.25) is 5.02 Å². The van der Waals surface area contributed by atoms with Gasteiger partial charge >= 0.3 is 0 Å². The van der Waals surface area contributed by atoms with Gasteiger partial charge in [0, 0.05) is 6.20 Å². The molecule has 2 aromatic rings. The maximum absolute atomic E-state index is 13.3. The van der Waals surface area contributed by atoms with E-state index >= 15 is 0 Å². The van der Waals surface area contributed by atoms with Crippen molar-refractivity contribution in [3.8, 4) is 0 Å². The van der Waals surface area contributed by atoms with Crippen LogP contribution in [0.15, 0.2) is 36.5 Å². The first-order valence-corrected chi connectivity index (χ1v) is 6.29. The number of benzene rings is 1. The second-order valence-corrected chi connectivity index (χ2v) is 4.86. The van der Waals surface area contributed by atoms with Gasteiger partial charge < -0.3 is 10.3 Å². The van der Waals surface area contributed by atoms with E-state index in [1.54, 1.807) is 19.1 Å². The molecule has 3 N–H and O–H groups in total. The number of hydrogen-bond acceptors (Lipinski definition) is 2. The van der Waals surface area contributed by atoms with Crippen LogP contribution in [0.4, 0.5) is 4.39 Å². The molecule has 20 heavy (non-hydrogen) atoms. The topological polar surface area (TPSA) is 71.9 Å². The van der Waals surface area contributed by atoms with E-state index < -0.39 is 5.91 Å². The number of primary amides is 1. The van der Waals surface area contributed by atoms with Gasteiger partial charge in [-0.2, -0.15) is 0 Å². The van der Waals surface area contributed by atoms with E-state index in [0.717, 1.165) is 0 Å². The van der Waals surface area contributed by atoms with E-state index in [1.807, 2.05) is 0 Å². The molecule has 6 heteroatoms. The van der Waals surface area contributed by atoms with Crippen molar-refractivity contribution in [2.45, 2.75) is 13.0 Å². The summed E-state index contributed by atoms with van der Waals surface area (Å²) in [5, 5.41) is 8.31. The molecule has 1 aromatic heterocycles. The van der Waals surface area contributed by atoms with E-state index in [4.69, 9.17) is 22.7 Å². The monoisotopic (exact) mass is 293 g/mol. The summed E-state index contributed by atoms with van der Waals surface area (Å²) in [6, 6.07) is 7.05. The summed E-state index contributed by atoms with van der Waals surface area (Å²) < 4.78 is 14.8. The van der Waals surface area contributed by atoms with Gasteiger partial charge in [-0.15, -0.1) is 0 Å². The number of rotatable bonds is 3. The first-order valence-electron chi connectivity index (χ1n) is 5.91. The van der Waals surface area contributed by atoms with Gasteiger partial charge in [0.25, 0.3) is 5.91 Å². The Labute approximate surface area is 120 Å². The number of carbonyl (C=O) groups excluding carboxylic acids is 1.